The van der Waals surface area contributed by atoms with Crippen LogP contribution in [0.2, 0.25) is 0 Å². The fourth-order valence-corrected chi connectivity index (χ4v) is 5.18. The van der Waals surface area contributed by atoms with E-state index in [1.54, 1.807) is 18.2 Å². The van der Waals surface area contributed by atoms with E-state index in [1.165, 1.54) is 4.68 Å². The Balaban J connectivity index is 1.61. The van der Waals surface area contributed by atoms with Gasteiger partial charge < -0.3 is 0 Å². The monoisotopic (exact) mass is 385 g/mol. The van der Waals surface area contributed by atoms with E-state index >= 15 is 0 Å². The average Bonchev–Trinajstić information content (AvgIpc) is 2.64. The van der Waals surface area contributed by atoms with Crippen molar-refractivity contribution in [3.63, 3.8) is 0 Å². The molecule has 0 unspecified atom stereocenters. The third kappa shape index (κ3) is 2.93. The van der Waals surface area contributed by atoms with Gasteiger partial charge in [-0.15, -0.1) is 0 Å². The van der Waals surface area contributed by atoms with Crippen LogP contribution in [0.1, 0.15) is 58.7 Å². The van der Waals surface area contributed by atoms with Gasteiger partial charge >= 0.3 is 0 Å². The lowest BCUT2D eigenvalue weighted by Crippen LogP contribution is -2.57. The largest absolute Gasteiger partial charge is 0.280 e. The molecule has 1 aromatic carbocycles. The van der Waals surface area contributed by atoms with Crippen LogP contribution in [0.15, 0.2) is 29.1 Å². The van der Waals surface area contributed by atoms with Crippen LogP contribution in [0.4, 0.5) is 4.39 Å². The van der Waals surface area contributed by atoms with E-state index in [2.05, 4.69) is 24.3 Å². The maximum absolute atomic E-state index is 14.6. The quantitative estimate of drug-likeness (QED) is 0.865. The molecule has 2 bridgehead atoms. The molecule has 6 heteroatoms. The van der Waals surface area contributed by atoms with Gasteiger partial charge in [-0.25, -0.2) is 14.1 Å². The maximum atomic E-state index is 14.6. The molecule has 0 saturated heterocycles. The van der Waals surface area contributed by atoms with E-state index in [0.717, 1.165) is 6.42 Å². The van der Waals surface area contributed by atoms with Crippen LogP contribution in [-0.2, 0) is 4.79 Å². The molecule has 3 saturated carbocycles. The fraction of sp³-hybridized carbons (Fsp3) is 0.591. The summed E-state index contributed by atoms with van der Waals surface area (Å²) in [6.07, 6.45) is 0.688. The van der Waals surface area contributed by atoms with E-state index in [9.17, 15) is 14.0 Å². The Morgan fingerprint density at radius 2 is 2.04 bits per heavy atom. The Kier molecular flexibility index (Phi) is 4.55. The van der Waals surface area contributed by atoms with E-state index in [-0.39, 0.29) is 41.1 Å². The van der Waals surface area contributed by atoms with Crippen molar-refractivity contribution in [2.24, 2.45) is 23.2 Å². The summed E-state index contributed by atoms with van der Waals surface area (Å²) in [6.45, 7) is 8.21. The van der Waals surface area contributed by atoms with Crippen LogP contribution < -0.4 is 11.0 Å². The molecular weight excluding hydrogens is 357 g/mol. The minimum absolute atomic E-state index is 0.0486. The second-order valence-electron chi connectivity index (χ2n) is 9.30. The number of amides is 1. The first-order valence-corrected chi connectivity index (χ1v) is 10.2. The maximum Gasteiger partial charge on any atom is 0.280 e. The number of nitrogens with zero attached hydrogens (tertiary/aromatic N) is 2. The Bertz CT molecular complexity index is 981. The number of hydrogen-bond acceptors (Lipinski definition) is 3. The molecule has 2 aromatic rings. The highest BCUT2D eigenvalue weighted by Crippen LogP contribution is 2.62. The molecule has 150 valence electrons. The van der Waals surface area contributed by atoms with Gasteiger partial charge in [0.1, 0.15) is 12.0 Å². The lowest BCUT2D eigenvalue weighted by Gasteiger charge is -2.61. The molecule has 0 spiro atoms. The topological polar surface area (TPSA) is 64.0 Å². The number of aromatic nitrogens is 2. The summed E-state index contributed by atoms with van der Waals surface area (Å²) in [4.78, 5) is 30.3. The smallest absolute Gasteiger partial charge is 0.273 e. The molecule has 5 rings (SSSR count). The number of hydrogen-bond donors (Lipinski definition) is 1. The average molecular weight is 385 g/mol. The highest BCUT2D eigenvalue weighted by Gasteiger charge is 2.58. The predicted octanol–water partition coefficient (Wildman–Crippen LogP) is 4.00. The molecule has 1 heterocycles. The van der Waals surface area contributed by atoms with Gasteiger partial charge in [0.2, 0.25) is 5.91 Å². The van der Waals surface area contributed by atoms with Gasteiger partial charge in [0.25, 0.3) is 5.56 Å². The lowest BCUT2D eigenvalue weighted by atomic mass is 9.45. The summed E-state index contributed by atoms with van der Waals surface area (Å²) in [5.74, 6) is 0.491. The van der Waals surface area contributed by atoms with Crippen molar-refractivity contribution in [2.45, 2.75) is 59.0 Å². The summed E-state index contributed by atoms with van der Waals surface area (Å²) in [6, 6.07) is 7.10. The van der Waals surface area contributed by atoms with E-state index < -0.39 is 6.17 Å². The minimum Gasteiger partial charge on any atom is -0.273 e. The first kappa shape index (κ1) is 19.1. The number of carbonyl (C=O) groups excluding carboxylic acids is 1. The van der Waals surface area contributed by atoms with E-state index in [0.29, 0.717) is 29.1 Å². The summed E-state index contributed by atoms with van der Waals surface area (Å²) >= 11 is 0. The zero-order valence-electron chi connectivity index (χ0n) is 16.9. The summed E-state index contributed by atoms with van der Waals surface area (Å²) < 4.78 is 15.9. The molecule has 1 amide bonds. The first-order valence-electron chi connectivity index (χ1n) is 10.2. The van der Waals surface area contributed by atoms with Crippen LogP contribution >= 0.6 is 0 Å². The van der Waals surface area contributed by atoms with Crippen molar-refractivity contribution in [3.8, 4) is 0 Å². The zero-order valence-corrected chi connectivity index (χ0v) is 16.9. The van der Waals surface area contributed by atoms with Crippen molar-refractivity contribution in [2.75, 3.05) is 5.43 Å². The van der Waals surface area contributed by atoms with Gasteiger partial charge in [0.15, 0.2) is 0 Å². The molecule has 4 atom stereocenters. The van der Waals surface area contributed by atoms with E-state index in [4.69, 9.17) is 0 Å². The standard InChI is InChI=1S/C22H28FN3O2/c1-12(2)20-24-18-8-6-5-7-14(18)21(28)26(20)25-19(27)11-15-16-9-13(10-17(15)23)22(16,3)4/h5-8,12-13,15-17H,9-11H2,1-4H3,(H,25,27)/t13-,15+,16+,17-/m1/s1. The SMILES string of the molecule is CC(C)c1nc2ccccc2c(=O)n1NC(=O)C[C@@H]1[C@H](F)C[C@H]2C[C@@H]1C2(C)C. The van der Waals surface area contributed by atoms with Gasteiger partial charge in [-0.2, -0.15) is 0 Å². The Morgan fingerprint density at radius 3 is 2.71 bits per heavy atom. The van der Waals surface area contributed by atoms with Crippen molar-refractivity contribution < 1.29 is 9.18 Å². The number of rotatable bonds is 4. The van der Waals surface area contributed by atoms with Crippen LogP contribution in [-0.4, -0.2) is 21.7 Å². The van der Waals surface area contributed by atoms with Crippen molar-refractivity contribution in [3.05, 3.63) is 40.4 Å². The number of halogens is 1. The number of fused-ring (bicyclic) bond motifs is 3. The molecule has 3 fully saturated rings. The highest BCUT2D eigenvalue weighted by atomic mass is 19.1. The normalized spacial score (nSPS) is 28.2. The highest BCUT2D eigenvalue weighted by molar-refractivity contribution is 5.85. The first-order chi connectivity index (χ1) is 13.2. The van der Waals surface area contributed by atoms with Gasteiger partial charge in [0, 0.05) is 18.3 Å². The molecule has 3 aliphatic rings. The third-order valence-electron chi connectivity index (χ3n) is 7.01. The molecule has 0 radical (unpaired) electrons. The molecule has 3 aliphatic carbocycles. The zero-order chi connectivity index (χ0) is 20.2. The van der Waals surface area contributed by atoms with Crippen LogP contribution in [0.3, 0.4) is 0 Å². The number of nitrogens with one attached hydrogen (secondary N) is 1. The Morgan fingerprint density at radius 1 is 1.32 bits per heavy atom. The molecule has 1 aromatic heterocycles. The summed E-state index contributed by atoms with van der Waals surface area (Å²) in [5, 5.41) is 0.455. The lowest BCUT2D eigenvalue weighted by molar-refractivity contribution is -0.148. The fourth-order valence-electron chi connectivity index (χ4n) is 5.18. The summed E-state index contributed by atoms with van der Waals surface area (Å²) in [5.41, 5.74) is 3.13. The number of benzene rings is 1. The van der Waals surface area contributed by atoms with Crippen molar-refractivity contribution in [1.82, 2.24) is 9.66 Å². The number of alkyl halides is 1. The van der Waals surface area contributed by atoms with Crippen molar-refractivity contribution >= 4 is 16.8 Å². The molecule has 5 nitrogen and oxygen atoms in total. The molecule has 0 aliphatic heterocycles. The van der Waals surface area contributed by atoms with Crippen LogP contribution in [0.25, 0.3) is 10.9 Å². The van der Waals surface area contributed by atoms with Gasteiger partial charge in [-0.05, 0) is 42.2 Å². The minimum atomic E-state index is -0.946. The number of carbonyl (C=O) groups is 1. The van der Waals surface area contributed by atoms with E-state index in [1.807, 2.05) is 19.9 Å². The van der Waals surface area contributed by atoms with Gasteiger partial charge in [-0.1, -0.05) is 39.8 Å². The Labute approximate surface area is 164 Å². The van der Waals surface area contributed by atoms with Crippen molar-refractivity contribution in [1.29, 1.82) is 0 Å². The summed E-state index contributed by atoms with van der Waals surface area (Å²) in [7, 11) is 0. The number of para-hydroxylation sites is 1. The second-order valence-corrected chi connectivity index (χ2v) is 9.30. The third-order valence-corrected chi connectivity index (χ3v) is 7.01. The van der Waals surface area contributed by atoms with Gasteiger partial charge in [0.05, 0.1) is 10.9 Å². The van der Waals surface area contributed by atoms with Gasteiger partial charge in [-0.3, -0.25) is 15.0 Å². The molecule has 28 heavy (non-hydrogen) atoms. The Hall–Kier alpha value is -2.24. The molecule has 1 N–H and O–H groups in total. The van der Waals surface area contributed by atoms with Crippen LogP contribution in [0, 0.1) is 23.2 Å². The predicted molar refractivity (Wildman–Crippen MR) is 107 cm³/mol. The van der Waals surface area contributed by atoms with Crippen LogP contribution in [0.5, 0.6) is 0 Å². The second kappa shape index (κ2) is 6.68. The molecular formula is C22H28FN3O2.